The SMILES string of the molecule is C[C@@]12SC(c3ccccc3)=CC1=C1C(=C3C=C(c4ccccc4)S[C@]32C)C(F)(F)C(F)(F)C1(F)F. The maximum atomic E-state index is 15.3. The Bertz CT molecular complexity index is 1280. The first-order chi connectivity index (χ1) is 16.4. The summed E-state index contributed by atoms with van der Waals surface area (Å²) >= 11 is 2.53. The van der Waals surface area contributed by atoms with Gasteiger partial charge in [0.1, 0.15) is 0 Å². The fraction of sp³-hybridized carbons (Fsp3) is 0.259. The van der Waals surface area contributed by atoms with Crippen LogP contribution in [-0.4, -0.2) is 27.3 Å². The van der Waals surface area contributed by atoms with E-state index in [9.17, 15) is 8.78 Å². The first-order valence-corrected chi connectivity index (χ1v) is 12.6. The third-order valence-electron chi connectivity index (χ3n) is 7.44. The highest BCUT2D eigenvalue weighted by Crippen LogP contribution is 2.75. The predicted octanol–water partition coefficient (Wildman–Crippen LogP) is 8.61. The van der Waals surface area contributed by atoms with Crippen LogP contribution in [0.4, 0.5) is 26.3 Å². The normalized spacial score (nSPS) is 31.7. The molecular formula is C27H18F6S2. The van der Waals surface area contributed by atoms with E-state index in [0.29, 0.717) is 20.9 Å². The molecule has 0 spiro atoms. The summed E-state index contributed by atoms with van der Waals surface area (Å²) in [5.74, 6) is -15.6. The van der Waals surface area contributed by atoms with Crippen LogP contribution in [0.3, 0.4) is 0 Å². The quantitative estimate of drug-likeness (QED) is 0.364. The van der Waals surface area contributed by atoms with Crippen molar-refractivity contribution in [3.05, 3.63) is 106 Å². The highest BCUT2D eigenvalue weighted by molar-refractivity contribution is 8.14. The molecule has 8 heteroatoms. The zero-order valence-corrected chi connectivity index (χ0v) is 20.1. The highest BCUT2D eigenvalue weighted by Gasteiger charge is 2.84. The topological polar surface area (TPSA) is 0 Å². The van der Waals surface area contributed by atoms with Crippen molar-refractivity contribution in [3.8, 4) is 0 Å². The molecule has 0 aromatic heterocycles. The largest absolute Gasteiger partial charge is 0.380 e. The first kappa shape index (κ1) is 23.1. The summed E-state index contributed by atoms with van der Waals surface area (Å²) in [4.78, 5) is 1.17. The van der Waals surface area contributed by atoms with Crippen molar-refractivity contribution < 1.29 is 26.3 Å². The molecule has 35 heavy (non-hydrogen) atoms. The van der Waals surface area contributed by atoms with Gasteiger partial charge in [-0.25, -0.2) is 0 Å². The third-order valence-corrected chi connectivity index (χ3v) is 10.8. The van der Waals surface area contributed by atoms with E-state index in [1.54, 1.807) is 74.5 Å². The van der Waals surface area contributed by atoms with Crippen LogP contribution >= 0.6 is 23.5 Å². The smallest absolute Gasteiger partial charge is 0.194 e. The molecule has 0 bridgehead atoms. The Morgan fingerprint density at radius 1 is 0.543 bits per heavy atom. The monoisotopic (exact) mass is 520 g/mol. The lowest BCUT2D eigenvalue weighted by atomic mass is 9.71. The Kier molecular flexibility index (Phi) is 4.56. The van der Waals surface area contributed by atoms with E-state index in [4.69, 9.17) is 0 Å². The zero-order valence-electron chi connectivity index (χ0n) is 18.5. The van der Waals surface area contributed by atoms with Gasteiger partial charge in [0.2, 0.25) is 0 Å². The Balaban J connectivity index is 1.68. The zero-order chi connectivity index (χ0) is 25.0. The van der Waals surface area contributed by atoms with Gasteiger partial charge in [-0.3, -0.25) is 0 Å². The molecule has 0 nitrogen and oxygen atoms in total. The van der Waals surface area contributed by atoms with Crippen LogP contribution in [0, 0.1) is 0 Å². The summed E-state index contributed by atoms with van der Waals surface area (Å²) in [6, 6.07) is 17.9. The van der Waals surface area contributed by atoms with Crippen LogP contribution in [0.2, 0.25) is 0 Å². The summed E-state index contributed by atoms with van der Waals surface area (Å²) in [7, 11) is 0. The molecule has 6 rings (SSSR count). The van der Waals surface area contributed by atoms with Gasteiger partial charge in [-0.05, 0) is 48.3 Å². The number of rotatable bonds is 2. The van der Waals surface area contributed by atoms with Gasteiger partial charge in [0.25, 0.3) is 0 Å². The van der Waals surface area contributed by atoms with Gasteiger partial charge in [0.05, 0.1) is 9.49 Å². The van der Waals surface area contributed by atoms with Crippen molar-refractivity contribution in [2.45, 2.75) is 41.1 Å². The Hall–Kier alpha value is -2.32. The molecule has 1 fully saturated rings. The Morgan fingerprint density at radius 3 is 1.23 bits per heavy atom. The maximum Gasteiger partial charge on any atom is 0.380 e. The lowest BCUT2D eigenvalue weighted by molar-refractivity contribution is -0.258. The molecule has 180 valence electrons. The maximum absolute atomic E-state index is 15.3. The molecule has 4 aliphatic rings. The second kappa shape index (κ2) is 6.91. The number of halogens is 6. The van der Waals surface area contributed by atoms with Crippen LogP contribution in [-0.2, 0) is 0 Å². The Morgan fingerprint density at radius 2 is 0.886 bits per heavy atom. The lowest BCUT2D eigenvalue weighted by Gasteiger charge is -2.47. The molecule has 2 aromatic rings. The van der Waals surface area contributed by atoms with Gasteiger partial charge in [0.15, 0.2) is 0 Å². The number of benzene rings is 2. The average molecular weight is 521 g/mol. The Labute approximate surface area is 206 Å². The summed E-state index contributed by atoms with van der Waals surface area (Å²) < 4.78 is 88.4. The van der Waals surface area contributed by atoms with Crippen LogP contribution in [0.5, 0.6) is 0 Å². The van der Waals surface area contributed by atoms with E-state index < -0.39 is 38.4 Å². The molecule has 2 aliphatic carbocycles. The molecule has 1 saturated carbocycles. The van der Waals surface area contributed by atoms with Crippen molar-refractivity contribution in [2.75, 3.05) is 0 Å². The molecule has 0 unspecified atom stereocenters. The fourth-order valence-electron chi connectivity index (χ4n) is 5.40. The average Bonchev–Trinajstić information content (AvgIpc) is 3.40. The van der Waals surface area contributed by atoms with Crippen molar-refractivity contribution in [1.29, 1.82) is 0 Å². The lowest BCUT2D eigenvalue weighted by Crippen LogP contribution is -2.48. The van der Waals surface area contributed by atoms with E-state index >= 15 is 17.6 Å². The van der Waals surface area contributed by atoms with Crippen molar-refractivity contribution in [3.63, 3.8) is 0 Å². The molecule has 0 amide bonds. The number of alkyl halides is 6. The number of hydrogen-bond acceptors (Lipinski definition) is 2. The van der Waals surface area contributed by atoms with Gasteiger partial charge >= 0.3 is 17.8 Å². The molecule has 0 radical (unpaired) electrons. The van der Waals surface area contributed by atoms with E-state index in [1.165, 1.54) is 35.7 Å². The molecule has 2 heterocycles. The van der Waals surface area contributed by atoms with Gasteiger partial charge in [-0.15, -0.1) is 23.5 Å². The van der Waals surface area contributed by atoms with Gasteiger partial charge in [0, 0.05) is 21.0 Å². The molecule has 2 aliphatic heterocycles. The van der Waals surface area contributed by atoms with E-state index in [-0.39, 0.29) is 11.1 Å². The molecule has 2 atom stereocenters. The van der Waals surface area contributed by atoms with Crippen LogP contribution < -0.4 is 0 Å². The van der Waals surface area contributed by atoms with Crippen LogP contribution in [0.15, 0.2) is 95.1 Å². The van der Waals surface area contributed by atoms with E-state index in [2.05, 4.69) is 0 Å². The number of allylic oxidation sites excluding steroid dienone is 4. The second-order valence-corrected chi connectivity index (χ2v) is 12.2. The molecule has 0 N–H and O–H groups in total. The summed E-state index contributed by atoms with van der Waals surface area (Å²) in [6.45, 7) is 3.39. The third kappa shape index (κ3) is 2.65. The van der Waals surface area contributed by atoms with Crippen molar-refractivity contribution >= 4 is 33.3 Å². The molecular weight excluding hydrogens is 502 g/mol. The number of thioether (sulfide) groups is 2. The minimum absolute atomic E-state index is 0.153. The van der Waals surface area contributed by atoms with Gasteiger partial charge in [-0.1, -0.05) is 60.7 Å². The molecule has 2 aromatic carbocycles. The van der Waals surface area contributed by atoms with Crippen molar-refractivity contribution in [2.24, 2.45) is 0 Å². The molecule has 0 saturated heterocycles. The summed E-state index contributed by atoms with van der Waals surface area (Å²) in [5, 5.41) is 0. The summed E-state index contributed by atoms with van der Waals surface area (Å²) in [5.41, 5.74) is -1.34. The van der Waals surface area contributed by atoms with Crippen LogP contribution in [0.25, 0.3) is 9.81 Å². The fourth-order valence-corrected chi connectivity index (χ4v) is 8.54. The van der Waals surface area contributed by atoms with E-state index in [0.717, 1.165) is 0 Å². The minimum Gasteiger partial charge on any atom is -0.194 e. The minimum atomic E-state index is -5.54. The number of hydrogen-bond donors (Lipinski definition) is 0. The van der Waals surface area contributed by atoms with Gasteiger partial charge < -0.3 is 0 Å². The van der Waals surface area contributed by atoms with Gasteiger partial charge in [-0.2, -0.15) is 26.3 Å². The van der Waals surface area contributed by atoms with Crippen molar-refractivity contribution in [1.82, 2.24) is 0 Å². The highest BCUT2D eigenvalue weighted by atomic mass is 32.2. The summed E-state index contributed by atoms with van der Waals surface area (Å²) in [6.07, 6.45) is 2.81. The first-order valence-electron chi connectivity index (χ1n) is 10.9. The van der Waals surface area contributed by atoms with E-state index in [1.807, 2.05) is 0 Å². The number of fused-ring (bicyclic) bond motifs is 4. The van der Waals surface area contributed by atoms with Crippen LogP contribution in [0.1, 0.15) is 25.0 Å². The predicted molar refractivity (Wildman–Crippen MR) is 130 cm³/mol. The standard InChI is InChI=1S/C27H18F6S2/c1-23-17(13-19(34-23)15-9-5-3-6-10-15)21-22(26(30,31)27(32,33)25(21,28)29)18-14-20(35-24(18,23)2)16-11-7-4-8-12-16/h3-14H,1-2H3/t23-,24-/m1/s1. The second-order valence-electron chi connectivity index (χ2n) is 9.32.